The highest BCUT2D eigenvalue weighted by Gasteiger charge is 2.18. The quantitative estimate of drug-likeness (QED) is 0.911. The van der Waals surface area contributed by atoms with Crippen molar-refractivity contribution in [3.63, 3.8) is 0 Å². The number of carbonyl (C=O) groups is 1. The van der Waals surface area contributed by atoms with Gasteiger partial charge >= 0.3 is 0 Å². The molecule has 1 amide bonds. The summed E-state index contributed by atoms with van der Waals surface area (Å²) < 4.78 is 1.69. The van der Waals surface area contributed by atoms with Crippen LogP contribution in [0.1, 0.15) is 35.0 Å². The van der Waals surface area contributed by atoms with Gasteiger partial charge < -0.3 is 10.6 Å². The molecule has 0 aliphatic carbocycles. The second-order valence-electron chi connectivity index (χ2n) is 5.34. The number of hydrogen-bond donors (Lipinski definition) is 2. The standard InChI is InChI=1S/C16H20N4O/c1-3-13-12(10-20(2)19-13)16(21)18-14-8-4-6-11-7-5-9-17-15(11)14/h4,6,8,10,17H,3,5,7,9H2,1-2H3,(H,18,21). The molecule has 21 heavy (non-hydrogen) atoms. The van der Waals surface area contributed by atoms with Gasteiger partial charge in [0.1, 0.15) is 0 Å². The molecule has 0 fully saturated rings. The molecule has 110 valence electrons. The van der Waals surface area contributed by atoms with Crippen LogP contribution in [0, 0.1) is 0 Å². The summed E-state index contributed by atoms with van der Waals surface area (Å²) in [4.78, 5) is 12.5. The number of fused-ring (bicyclic) bond motifs is 1. The topological polar surface area (TPSA) is 59.0 Å². The first-order valence-corrected chi connectivity index (χ1v) is 7.38. The van der Waals surface area contributed by atoms with Crippen LogP contribution in [0.25, 0.3) is 0 Å². The van der Waals surface area contributed by atoms with Crippen molar-refractivity contribution < 1.29 is 4.79 Å². The van der Waals surface area contributed by atoms with E-state index in [1.807, 2.05) is 26.1 Å². The molecule has 1 aromatic carbocycles. The van der Waals surface area contributed by atoms with Gasteiger partial charge in [0.2, 0.25) is 0 Å². The van der Waals surface area contributed by atoms with Gasteiger partial charge in [0.15, 0.2) is 0 Å². The molecular weight excluding hydrogens is 264 g/mol. The van der Waals surface area contributed by atoms with Crippen LogP contribution in [-0.4, -0.2) is 22.2 Å². The van der Waals surface area contributed by atoms with E-state index in [9.17, 15) is 4.79 Å². The number of aromatic nitrogens is 2. The van der Waals surface area contributed by atoms with E-state index in [-0.39, 0.29) is 5.91 Å². The molecule has 2 aromatic rings. The van der Waals surface area contributed by atoms with Crippen molar-refractivity contribution in [3.8, 4) is 0 Å². The molecule has 1 aliphatic rings. The molecule has 1 aliphatic heterocycles. The maximum absolute atomic E-state index is 12.5. The summed E-state index contributed by atoms with van der Waals surface area (Å²) in [7, 11) is 1.84. The van der Waals surface area contributed by atoms with Gasteiger partial charge in [0, 0.05) is 19.8 Å². The van der Waals surface area contributed by atoms with Crippen LogP contribution in [0.2, 0.25) is 0 Å². The minimum absolute atomic E-state index is 0.0966. The number of hydrogen-bond acceptors (Lipinski definition) is 3. The number of anilines is 2. The number of carbonyl (C=O) groups excluding carboxylic acids is 1. The molecule has 2 N–H and O–H groups in total. The van der Waals surface area contributed by atoms with Gasteiger partial charge in [0.05, 0.1) is 22.6 Å². The average molecular weight is 284 g/mol. The SMILES string of the molecule is CCc1nn(C)cc1C(=O)Nc1cccc2c1NCCC2. The average Bonchev–Trinajstić information content (AvgIpc) is 2.89. The normalized spacial score (nSPS) is 13.4. The lowest BCUT2D eigenvalue weighted by Crippen LogP contribution is -2.18. The largest absolute Gasteiger partial charge is 0.383 e. The fourth-order valence-corrected chi connectivity index (χ4v) is 2.79. The smallest absolute Gasteiger partial charge is 0.259 e. The van der Waals surface area contributed by atoms with E-state index in [0.717, 1.165) is 42.9 Å². The highest BCUT2D eigenvalue weighted by atomic mass is 16.1. The molecule has 0 saturated carbocycles. The van der Waals surface area contributed by atoms with Crippen LogP contribution in [-0.2, 0) is 19.9 Å². The van der Waals surface area contributed by atoms with Crippen LogP contribution < -0.4 is 10.6 Å². The third-order valence-corrected chi connectivity index (χ3v) is 3.81. The van der Waals surface area contributed by atoms with Crippen molar-refractivity contribution in [1.82, 2.24) is 9.78 Å². The third-order valence-electron chi connectivity index (χ3n) is 3.81. The summed E-state index contributed by atoms with van der Waals surface area (Å²) in [5, 5.41) is 10.7. The fourth-order valence-electron chi connectivity index (χ4n) is 2.79. The van der Waals surface area contributed by atoms with Crippen molar-refractivity contribution in [2.24, 2.45) is 7.05 Å². The summed E-state index contributed by atoms with van der Waals surface area (Å²) in [6, 6.07) is 6.04. The number of nitrogens with zero attached hydrogens (tertiary/aromatic N) is 2. The van der Waals surface area contributed by atoms with E-state index >= 15 is 0 Å². The van der Waals surface area contributed by atoms with E-state index < -0.39 is 0 Å². The fraction of sp³-hybridized carbons (Fsp3) is 0.375. The number of aryl methyl sites for hydroxylation is 3. The van der Waals surface area contributed by atoms with Gasteiger partial charge in [-0.3, -0.25) is 9.48 Å². The molecule has 0 spiro atoms. The molecule has 0 bridgehead atoms. The van der Waals surface area contributed by atoms with Gasteiger partial charge in [-0.1, -0.05) is 19.1 Å². The van der Waals surface area contributed by atoms with E-state index in [4.69, 9.17) is 0 Å². The Kier molecular flexibility index (Phi) is 3.64. The Morgan fingerprint density at radius 1 is 1.48 bits per heavy atom. The minimum Gasteiger partial charge on any atom is -0.383 e. The lowest BCUT2D eigenvalue weighted by Gasteiger charge is -2.21. The number of nitrogens with one attached hydrogen (secondary N) is 2. The van der Waals surface area contributed by atoms with Crippen LogP contribution in [0.5, 0.6) is 0 Å². The first-order chi connectivity index (χ1) is 10.2. The zero-order valence-electron chi connectivity index (χ0n) is 12.4. The molecule has 0 radical (unpaired) electrons. The van der Waals surface area contributed by atoms with Crippen molar-refractivity contribution in [2.45, 2.75) is 26.2 Å². The molecule has 5 heteroatoms. The van der Waals surface area contributed by atoms with Gasteiger partial charge in [-0.2, -0.15) is 5.10 Å². The molecule has 0 atom stereocenters. The Balaban J connectivity index is 1.88. The predicted molar refractivity (Wildman–Crippen MR) is 83.8 cm³/mol. The molecule has 1 aromatic heterocycles. The van der Waals surface area contributed by atoms with Crippen molar-refractivity contribution in [2.75, 3.05) is 17.2 Å². The minimum atomic E-state index is -0.0966. The van der Waals surface area contributed by atoms with E-state index in [1.54, 1.807) is 10.9 Å². The molecule has 2 heterocycles. The Labute approximate surface area is 124 Å². The van der Waals surface area contributed by atoms with Gasteiger partial charge in [-0.25, -0.2) is 0 Å². The highest BCUT2D eigenvalue weighted by molar-refractivity contribution is 6.06. The maximum Gasteiger partial charge on any atom is 0.259 e. The second kappa shape index (κ2) is 5.60. The van der Waals surface area contributed by atoms with Crippen molar-refractivity contribution >= 4 is 17.3 Å². The first-order valence-electron chi connectivity index (χ1n) is 7.38. The monoisotopic (exact) mass is 284 g/mol. The van der Waals surface area contributed by atoms with Crippen molar-refractivity contribution in [3.05, 3.63) is 41.2 Å². The number of benzene rings is 1. The van der Waals surface area contributed by atoms with Gasteiger partial charge in [-0.15, -0.1) is 0 Å². The lowest BCUT2D eigenvalue weighted by molar-refractivity contribution is 0.102. The molecule has 3 rings (SSSR count). The number of amides is 1. The first kappa shape index (κ1) is 13.7. The second-order valence-corrected chi connectivity index (χ2v) is 5.34. The van der Waals surface area contributed by atoms with Gasteiger partial charge in [0.25, 0.3) is 5.91 Å². The Bertz CT molecular complexity index is 675. The van der Waals surface area contributed by atoms with E-state index in [0.29, 0.717) is 5.56 Å². The zero-order valence-corrected chi connectivity index (χ0v) is 12.4. The molecular formula is C16H20N4O. The molecule has 5 nitrogen and oxygen atoms in total. The third kappa shape index (κ3) is 2.63. The summed E-state index contributed by atoms with van der Waals surface area (Å²) in [6.45, 7) is 2.96. The summed E-state index contributed by atoms with van der Waals surface area (Å²) >= 11 is 0. The summed E-state index contributed by atoms with van der Waals surface area (Å²) in [5.74, 6) is -0.0966. The Morgan fingerprint density at radius 2 is 2.33 bits per heavy atom. The zero-order chi connectivity index (χ0) is 14.8. The van der Waals surface area contributed by atoms with Crippen molar-refractivity contribution in [1.29, 1.82) is 0 Å². The van der Waals surface area contributed by atoms with Gasteiger partial charge in [-0.05, 0) is 30.9 Å². The van der Waals surface area contributed by atoms with Crippen LogP contribution in [0.15, 0.2) is 24.4 Å². The molecule has 0 unspecified atom stereocenters. The highest BCUT2D eigenvalue weighted by Crippen LogP contribution is 2.30. The number of rotatable bonds is 3. The van der Waals surface area contributed by atoms with E-state index in [2.05, 4.69) is 21.8 Å². The summed E-state index contributed by atoms with van der Waals surface area (Å²) in [6.07, 6.45) is 4.71. The molecule has 0 saturated heterocycles. The van der Waals surface area contributed by atoms with Crippen LogP contribution in [0.4, 0.5) is 11.4 Å². The lowest BCUT2D eigenvalue weighted by atomic mass is 10.0. The maximum atomic E-state index is 12.5. The Morgan fingerprint density at radius 3 is 3.14 bits per heavy atom. The van der Waals surface area contributed by atoms with E-state index in [1.165, 1.54) is 5.56 Å². The predicted octanol–water partition coefficient (Wildman–Crippen LogP) is 2.59. The van der Waals surface area contributed by atoms with Crippen LogP contribution in [0.3, 0.4) is 0 Å². The Hall–Kier alpha value is -2.30. The summed E-state index contributed by atoms with van der Waals surface area (Å²) in [5.41, 5.74) is 4.64. The number of para-hydroxylation sites is 1. The van der Waals surface area contributed by atoms with Crippen LogP contribution >= 0.6 is 0 Å².